The van der Waals surface area contributed by atoms with Gasteiger partial charge in [-0.25, -0.2) is 0 Å². The SMILES string of the molecule is CC[C@@H](C(=O)CC(=O)OCCSSCCOC(C)=O)N1CCCC1=O. The van der Waals surface area contributed by atoms with Crippen molar-refractivity contribution >= 4 is 45.2 Å². The van der Waals surface area contributed by atoms with Crippen LogP contribution >= 0.6 is 21.6 Å². The molecule has 9 heteroatoms. The second-order valence-electron chi connectivity index (χ2n) is 5.46. The van der Waals surface area contributed by atoms with Crippen molar-refractivity contribution in [2.75, 3.05) is 31.3 Å². The van der Waals surface area contributed by atoms with E-state index in [2.05, 4.69) is 0 Å². The molecule has 0 saturated carbocycles. The summed E-state index contributed by atoms with van der Waals surface area (Å²) in [6.07, 6.45) is 1.44. The summed E-state index contributed by atoms with van der Waals surface area (Å²) in [6, 6.07) is -0.520. The van der Waals surface area contributed by atoms with Crippen molar-refractivity contribution in [2.24, 2.45) is 0 Å². The van der Waals surface area contributed by atoms with Gasteiger partial charge in [0, 0.05) is 31.4 Å². The molecule has 25 heavy (non-hydrogen) atoms. The van der Waals surface area contributed by atoms with Crippen molar-refractivity contribution in [3.05, 3.63) is 0 Å². The molecule has 0 aromatic carbocycles. The topological polar surface area (TPSA) is 90.0 Å². The van der Waals surface area contributed by atoms with E-state index < -0.39 is 12.0 Å². The normalized spacial score (nSPS) is 15.1. The third-order valence-corrected chi connectivity index (χ3v) is 5.88. The van der Waals surface area contributed by atoms with Crippen molar-refractivity contribution in [1.82, 2.24) is 4.90 Å². The summed E-state index contributed by atoms with van der Waals surface area (Å²) in [5.74, 6) is 0.123. The highest BCUT2D eigenvalue weighted by molar-refractivity contribution is 8.76. The Morgan fingerprint density at radius 1 is 1.16 bits per heavy atom. The maximum Gasteiger partial charge on any atom is 0.313 e. The molecule has 0 spiro atoms. The Bertz CT molecular complexity index is 485. The average Bonchev–Trinajstić information content (AvgIpc) is 2.96. The lowest BCUT2D eigenvalue weighted by Crippen LogP contribution is -2.42. The molecule has 1 aliphatic heterocycles. The fraction of sp³-hybridized carbons (Fsp3) is 0.750. The summed E-state index contributed by atoms with van der Waals surface area (Å²) >= 11 is 0. The first-order valence-electron chi connectivity index (χ1n) is 8.31. The van der Waals surface area contributed by atoms with Gasteiger partial charge in [-0.05, 0) is 12.8 Å². The first kappa shape index (κ1) is 21.8. The Morgan fingerprint density at radius 3 is 2.32 bits per heavy atom. The number of Topliss-reactive ketones (excluding diaryl/α,β-unsaturated/α-hetero) is 1. The van der Waals surface area contributed by atoms with E-state index in [1.807, 2.05) is 6.92 Å². The molecule has 0 unspecified atom stereocenters. The first-order valence-corrected chi connectivity index (χ1v) is 10.8. The van der Waals surface area contributed by atoms with E-state index in [9.17, 15) is 19.2 Å². The monoisotopic (exact) mass is 391 g/mol. The van der Waals surface area contributed by atoms with Gasteiger partial charge >= 0.3 is 11.9 Å². The van der Waals surface area contributed by atoms with Crippen LogP contribution in [0.5, 0.6) is 0 Å². The van der Waals surface area contributed by atoms with E-state index in [1.54, 1.807) is 4.90 Å². The fourth-order valence-corrected chi connectivity index (χ4v) is 4.11. The zero-order chi connectivity index (χ0) is 18.7. The Hall–Kier alpha value is -1.22. The molecule has 1 atom stereocenters. The summed E-state index contributed by atoms with van der Waals surface area (Å²) in [5.41, 5.74) is 0. The molecule has 0 radical (unpaired) electrons. The predicted octanol–water partition coefficient (Wildman–Crippen LogP) is 1.83. The number of ketones is 1. The number of hydrogen-bond acceptors (Lipinski definition) is 8. The number of carbonyl (C=O) groups excluding carboxylic acids is 4. The quantitative estimate of drug-likeness (QED) is 0.215. The summed E-state index contributed by atoms with van der Waals surface area (Å²) in [7, 11) is 3.03. The van der Waals surface area contributed by atoms with Gasteiger partial charge in [0.15, 0.2) is 5.78 Å². The van der Waals surface area contributed by atoms with Crippen LogP contribution < -0.4 is 0 Å². The van der Waals surface area contributed by atoms with Crippen LogP contribution in [0.25, 0.3) is 0 Å². The highest BCUT2D eigenvalue weighted by atomic mass is 33.1. The standard InChI is InChI=1S/C16H25NO6S2/c1-3-13(17-6-4-5-15(17)20)14(19)11-16(21)23-8-10-25-24-9-7-22-12(2)18/h13H,3-11H2,1-2H3/t13-/m0/s1. The summed E-state index contributed by atoms with van der Waals surface area (Å²) in [6.45, 7) is 4.36. The van der Waals surface area contributed by atoms with Crippen LogP contribution in [-0.4, -0.2) is 65.8 Å². The second-order valence-corrected chi connectivity index (χ2v) is 8.16. The lowest BCUT2D eigenvalue weighted by molar-refractivity contribution is -0.148. The lowest BCUT2D eigenvalue weighted by atomic mass is 10.1. The van der Waals surface area contributed by atoms with E-state index in [1.165, 1.54) is 28.5 Å². The third-order valence-electron chi connectivity index (χ3n) is 3.55. The zero-order valence-corrected chi connectivity index (χ0v) is 16.3. The molecule has 1 aliphatic rings. The van der Waals surface area contributed by atoms with E-state index in [0.717, 1.165) is 6.42 Å². The summed E-state index contributed by atoms with van der Waals surface area (Å²) < 4.78 is 9.85. The van der Waals surface area contributed by atoms with Crippen LogP contribution in [0.4, 0.5) is 0 Å². The average molecular weight is 392 g/mol. The molecule has 1 saturated heterocycles. The number of nitrogens with zero attached hydrogens (tertiary/aromatic N) is 1. The molecular weight excluding hydrogens is 366 g/mol. The Kier molecular flexibility index (Phi) is 10.6. The van der Waals surface area contributed by atoms with Gasteiger partial charge in [0.2, 0.25) is 5.91 Å². The van der Waals surface area contributed by atoms with E-state index in [-0.39, 0.29) is 30.7 Å². The molecule has 1 rings (SSSR count). The van der Waals surface area contributed by atoms with Gasteiger partial charge in [-0.1, -0.05) is 28.5 Å². The minimum atomic E-state index is -0.555. The van der Waals surface area contributed by atoms with E-state index >= 15 is 0 Å². The summed E-state index contributed by atoms with van der Waals surface area (Å²) in [5, 5.41) is 0. The molecule has 142 valence electrons. The fourth-order valence-electron chi connectivity index (χ4n) is 2.46. The van der Waals surface area contributed by atoms with Crippen molar-refractivity contribution in [3.8, 4) is 0 Å². The van der Waals surface area contributed by atoms with Crippen molar-refractivity contribution in [2.45, 2.75) is 45.6 Å². The van der Waals surface area contributed by atoms with Gasteiger partial charge in [0.05, 0.1) is 6.04 Å². The summed E-state index contributed by atoms with van der Waals surface area (Å²) in [4.78, 5) is 47.9. The van der Waals surface area contributed by atoms with Crippen LogP contribution in [0.15, 0.2) is 0 Å². The highest BCUT2D eigenvalue weighted by Crippen LogP contribution is 2.20. The number of ether oxygens (including phenoxy) is 2. The molecule has 0 bridgehead atoms. The predicted molar refractivity (Wildman–Crippen MR) is 97.2 cm³/mol. The molecule has 1 amide bonds. The van der Waals surface area contributed by atoms with Gasteiger partial charge < -0.3 is 14.4 Å². The Morgan fingerprint density at radius 2 is 1.80 bits per heavy atom. The molecular formula is C16H25NO6S2. The highest BCUT2D eigenvalue weighted by Gasteiger charge is 2.32. The van der Waals surface area contributed by atoms with Crippen LogP contribution in [-0.2, 0) is 28.7 Å². The Balaban J connectivity index is 2.15. The minimum Gasteiger partial charge on any atom is -0.465 e. The van der Waals surface area contributed by atoms with Gasteiger partial charge in [-0.15, -0.1) is 0 Å². The first-order chi connectivity index (χ1) is 12.0. The molecule has 0 aliphatic carbocycles. The van der Waals surface area contributed by atoms with E-state index in [4.69, 9.17) is 9.47 Å². The van der Waals surface area contributed by atoms with Gasteiger partial charge in [0.1, 0.15) is 19.6 Å². The second kappa shape index (κ2) is 12.2. The molecule has 0 aromatic heterocycles. The third kappa shape index (κ3) is 8.62. The number of esters is 2. The molecule has 7 nitrogen and oxygen atoms in total. The smallest absolute Gasteiger partial charge is 0.313 e. The maximum atomic E-state index is 12.2. The van der Waals surface area contributed by atoms with Crippen LogP contribution in [0.3, 0.4) is 0 Å². The molecule has 0 aromatic rings. The number of rotatable bonds is 12. The number of carbonyl (C=O) groups is 4. The maximum absolute atomic E-state index is 12.2. The van der Waals surface area contributed by atoms with Crippen molar-refractivity contribution in [1.29, 1.82) is 0 Å². The van der Waals surface area contributed by atoms with Crippen molar-refractivity contribution < 1.29 is 28.7 Å². The zero-order valence-electron chi connectivity index (χ0n) is 14.7. The van der Waals surface area contributed by atoms with Gasteiger partial charge in [-0.2, -0.15) is 0 Å². The van der Waals surface area contributed by atoms with Crippen LogP contribution in [0, 0.1) is 0 Å². The minimum absolute atomic E-state index is 0.0178. The number of amides is 1. The Labute approximate surface area is 155 Å². The van der Waals surface area contributed by atoms with Crippen LogP contribution in [0.1, 0.15) is 39.5 Å². The lowest BCUT2D eigenvalue weighted by Gasteiger charge is -2.25. The number of hydrogen-bond donors (Lipinski definition) is 0. The van der Waals surface area contributed by atoms with Gasteiger partial charge in [0.25, 0.3) is 0 Å². The van der Waals surface area contributed by atoms with Gasteiger partial charge in [-0.3, -0.25) is 19.2 Å². The molecule has 0 N–H and O–H groups in total. The van der Waals surface area contributed by atoms with Crippen molar-refractivity contribution in [3.63, 3.8) is 0 Å². The van der Waals surface area contributed by atoms with Crippen LogP contribution in [0.2, 0.25) is 0 Å². The largest absolute Gasteiger partial charge is 0.465 e. The molecule has 1 fully saturated rings. The van der Waals surface area contributed by atoms with E-state index in [0.29, 0.717) is 37.5 Å². The molecule has 1 heterocycles. The number of likely N-dealkylation sites (tertiary alicyclic amines) is 1.